The maximum atomic E-state index is 9.96. The van der Waals surface area contributed by atoms with Gasteiger partial charge < -0.3 is 15.6 Å². The van der Waals surface area contributed by atoms with Gasteiger partial charge in [0.25, 0.3) is 0 Å². The molecule has 0 aliphatic heterocycles. The number of rotatable bonds is 4. The van der Waals surface area contributed by atoms with Crippen molar-refractivity contribution in [3.63, 3.8) is 0 Å². The summed E-state index contributed by atoms with van der Waals surface area (Å²) in [5.74, 6) is -0.390. The summed E-state index contributed by atoms with van der Waals surface area (Å²) in [4.78, 5) is 9.96. The van der Waals surface area contributed by atoms with Crippen LogP contribution in [0.25, 0.3) is 0 Å². The highest BCUT2D eigenvalue weighted by Crippen LogP contribution is 1.96. The molecule has 0 bridgehead atoms. The van der Waals surface area contributed by atoms with E-state index in [0.29, 0.717) is 6.42 Å². The van der Waals surface area contributed by atoms with Crippen LogP contribution in [0.5, 0.6) is 0 Å². The molecule has 0 radical (unpaired) electrons. The van der Waals surface area contributed by atoms with E-state index in [1.807, 2.05) is 6.26 Å². The number of nitrogens with two attached hydrogens (primary N) is 1. The number of thioether (sulfide) groups is 1. The zero-order chi connectivity index (χ0) is 7.28. The molecule has 0 rings (SSSR count). The molecular formula is C5H10NO2S-. The van der Waals surface area contributed by atoms with Crippen molar-refractivity contribution in [2.24, 2.45) is 5.73 Å². The zero-order valence-corrected chi connectivity index (χ0v) is 6.11. The molecule has 0 aromatic carbocycles. The highest BCUT2D eigenvalue weighted by molar-refractivity contribution is 7.98. The second-order valence-corrected chi connectivity index (χ2v) is 2.69. The second kappa shape index (κ2) is 4.64. The van der Waals surface area contributed by atoms with E-state index in [9.17, 15) is 9.90 Å². The van der Waals surface area contributed by atoms with E-state index in [-0.39, 0.29) is 0 Å². The molecule has 0 aromatic rings. The van der Waals surface area contributed by atoms with Crippen LogP contribution in [0, 0.1) is 0 Å². The topological polar surface area (TPSA) is 66.2 Å². The van der Waals surface area contributed by atoms with Crippen LogP contribution in [-0.4, -0.2) is 24.0 Å². The van der Waals surface area contributed by atoms with Gasteiger partial charge in [-0.2, -0.15) is 11.8 Å². The smallest absolute Gasteiger partial charge is 0.0582 e. The fourth-order valence-electron chi connectivity index (χ4n) is 0.363. The van der Waals surface area contributed by atoms with Crippen LogP contribution in [-0.2, 0) is 4.79 Å². The Morgan fingerprint density at radius 1 is 1.89 bits per heavy atom. The number of carbonyl (C=O) groups is 1. The van der Waals surface area contributed by atoms with Crippen molar-refractivity contribution in [2.75, 3.05) is 12.0 Å². The minimum absolute atomic E-state index is 0.490. The van der Waals surface area contributed by atoms with Gasteiger partial charge in [-0.3, -0.25) is 0 Å². The van der Waals surface area contributed by atoms with E-state index in [2.05, 4.69) is 0 Å². The molecule has 9 heavy (non-hydrogen) atoms. The van der Waals surface area contributed by atoms with E-state index >= 15 is 0 Å². The van der Waals surface area contributed by atoms with Gasteiger partial charge in [-0.1, -0.05) is 0 Å². The molecule has 4 heteroatoms. The highest BCUT2D eigenvalue weighted by Gasteiger charge is 2.00. The Hall–Kier alpha value is -0.220. The number of carboxylic acid groups (broad SMARTS) is 1. The predicted molar refractivity (Wildman–Crippen MR) is 36.0 cm³/mol. The largest absolute Gasteiger partial charge is 0.548 e. The van der Waals surface area contributed by atoms with Crippen molar-refractivity contribution >= 4 is 17.7 Å². The lowest BCUT2D eigenvalue weighted by Crippen LogP contribution is -2.42. The van der Waals surface area contributed by atoms with E-state index < -0.39 is 12.0 Å². The molecule has 3 nitrogen and oxygen atoms in total. The molecule has 0 spiro atoms. The van der Waals surface area contributed by atoms with Gasteiger partial charge in [0.1, 0.15) is 0 Å². The molecule has 0 aliphatic rings. The van der Waals surface area contributed by atoms with E-state index in [0.717, 1.165) is 5.75 Å². The number of carboxylic acids is 1. The average Bonchev–Trinajstić information content (AvgIpc) is 1.82. The van der Waals surface area contributed by atoms with Gasteiger partial charge in [0.15, 0.2) is 0 Å². The van der Waals surface area contributed by atoms with Crippen LogP contribution in [0.1, 0.15) is 6.42 Å². The number of hydrogen-bond acceptors (Lipinski definition) is 4. The Morgan fingerprint density at radius 2 is 2.44 bits per heavy atom. The summed E-state index contributed by atoms with van der Waals surface area (Å²) in [6, 6.07) is -0.794. The summed E-state index contributed by atoms with van der Waals surface area (Å²) in [6.07, 6.45) is 2.39. The Labute approximate surface area is 58.6 Å². The first-order chi connectivity index (χ1) is 4.18. The van der Waals surface area contributed by atoms with Gasteiger partial charge in [-0.15, -0.1) is 0 Å². The first-order valence-electron chi connectivity index (χ1n) is 2.64. The summed E-state index contributed by atoms with van der Waals surface area (Å²) >= 11 is 1.58. The van der Waals surface area contributed by atoms with Gasteiger partial charge in [0.2, 0.25) is 0 Å². The summed E-state index contributed by atoms with van der Waals surface area (Å²) in [5, 5.41) is 9.96. The van der Waals surface area contributed by atoms with E-state index in [4.69, 9.17) is 5.73 Å². The lowest BCUT2D eigenvalue weighted by Gasteiger charge is -2.10. The fourth-order valence-corrected chi connectivity index (χ4v) is 0.852. The van der Waals surface area contributed by atoms with Crippen molar-refractivity contribution in [2.45, 2.75) is 12.5 Å². The normalized spacial score (nSPS) is 13.1. The predicted octanol–water partition coefficient (Wildman–Crippen LogP) is -1.18. The Morgan fingerprint density at radius 3 is 2.78 bits per heavy atom. The molecule has 54 valence electrons. The zero-order valence-electron chi connectivity index (χ0n) is 5.29. The summed E-state index contributed by atoms with van der Waals surface area (Å²) in [5.41, 5.74) is 5.13. The third-order valence-corrected chi connectivity index (χ3v) is 1.58. The molecule has 0 heterocycles. The molecule has 0 amide bonds. The highest BCUT2D eigenvalue weighted by atomic mass is 32.2. The summed E-state index contributed by atoms with van der Waals surface area (Å²) in [7, 11) is 0. The van der Waals surface area contributed by atoms with Gasteiger partial charge in [0, 0.05) is 6.04 Å². The lowest BCUT2D eigenvalue weighted by atomic mass is 10.2. The molecule has 1 atom stereocenters. The van der Waals surface area contributed by atoms with Gasteiger partial charge in [0.05, 0.1) is 5.97 Å². The van der Waals surface area contributed by atoms with Crippen LogP contribution in [0.15, 0.2) is 0 Å². The van der Waals surface area contributed by atoms with Gasteiger partial charge in [-0.25, -0.2) is 0 Å². The molecule has 2 N–H and O–H groups in total. The fraction of sp³-hybridized carbons (Fsp3) is 0.800. The number of carbonyl (C=O) groups excluding carboxylic acids is 1. The van der Waals surface area contributed by atoms with Gasteiger partial charge >= 0.3 is 0 Å². The third-order valence-electron chi connectivity index (χ3n) is 0.936. The van der Waals surface area contributed by atoms with Crippen LogP contribution in [0.2, 0.25) is 0 Å². The minimum atomic E-state index is -1.16. The summed E-state index contributed by atoms with van der Waals surface area (Å²) < 4.78 is 0. The lowest BCUT2D eigenvalue weighted by molar-refractivity contribution is -0.307. The third kappa shape index (κ3) is 4.29. The molecule has 0 aliphatic carbocycles. The summed E-state index contributed by atoms with van der Waals surface area (Å²) in [6.45, 7) is 0. The maximum Gasteiger partial charge on any atom is 0.0582 e. The van der Waals surface area contributed by atoms with E-state index in [1.54, 1.807) is 11.8 Å². The second-order valence-electron chi connectivity index (χ2n) is 1.71. The Kier molecular flexibility index (Phi) is 4.53. The van der Waals surface area contributed by atoms with Crippen molar-refractivity contribution in [1.82, 2.24) is 0 Å². The van der Waals surface area contributed by atoms with Crippen molar-refractivity contribution in [1.29, 1.82) is 0 Å². The number of aliphatic carboxylic acids is 1. The maximum absolute atomic E-state index is 9.96. The first kappa shape index (κ1) is 8.78. The minimum Gasteiger partial charge on any atom is -0.548 e. The average molecular weight is 148 g/mol. The monoisotopic (exact) mass is 148 g/mol. The standard InChI is InChI=1S/C5H11NO2S/c1-9-3-2-4(6)5(7)8/h4H,2-3,6H2,1H3,(H,7,8)/p-1/t4-/m0/s1. The van der Waals surface area contributed by atoms with Crippen LogP contribution in [0.4, 0.5) is 0 Å². The van der Waals surface area contributed by atoms with Crippen LogP contribution < -0.4 is 10.8 Å². The SMILES string of the molecule is CSCC[C@H](N)C(=O)[O-]. The van der Waals surface area contributed by atoms with Crippen LogP contribution in [0.3, 0.4) is 0 Å². The molecule has 0 aromatic heterocycles. The molecule has 0 saturated heterocycles. The number of hydrogen-bond donors (Lipinski definition) is 1. The molecule has 0 saturated carbocycles. The van der Waals surface area contributed by atoms with Crippen molar-refractivity contribution in [3.8, 4) is 0 Å². The Bertz CT molecular complexity index is 97.0. The van der Waals surface area contributed by atoms with Crippen LogP contribution >= 0.6 is 11.8 Å². The van der Waals surface area contributed by atoms with E-state index in [1.165, 1.54) is 0 Å². The quantitative estimate of drug-likeness (QED) is 0.545. The van der Waals surface area contributed by atoms with Crippen molar-refractivity contribution in [3.05, 3.63) is 0 Å². The first-order valence-corrected chi connectivity index (χ1v) is 4.03. The molecular weight excluding hydrogens is 138 g/mol. The molecule has 0 fully saturated rings. The molecule has 0 unspecified atom stereocenters. The van der Waals surface area contributed by atoms with Crippen molar-refractivity contribution < 1.29 is 9.90 Å². The Balaban J connectivity index is 3.27. The van der Waals surface area contributed by atoms with Gasteiger partial charge in [-0.05, 0) is 18.4 Å².